The quantitative estimate of drug-likeness (QED) is 0.557. The molecule has 0 aliphatic rings. The summed E-state index contributed by atoms with van der Waals surface area (Å²) >= 11 is 0. The van der Waals surface area contributed by atoms with E-state index in [9.17, 15) is 0 Å². The minimum atomic E-state index is 0.0647. The van der Waals surface area contributed by atoms with Gasteiger partial charge in [-0.15, -0.1) is 0 Å². The summed E-state index contributed by atoms with van der Waals surface area (Å²) in [6.45, 7) is 14.6. The molecule has 1 rings (SSSR count). The predicted molar refractivity (Wildman–Crippen MR) is 103 cm³/mol. The molecule has 0 saturated carbocycles. The van der Waals surface area contributed by atoms with E-state index in [0.717, 1.165) is 18.1 Å². The smallest absolute Gasteiger partial charge is 0.213 e. The number of pyridine rings is 1. The van der Waals surface area contributed by atoms with Crippen LogP contribution in [0.2, 0.25) is 0 Å². The number of aliphatic imine (C=N–C) groups is 1. The maximum Gasteiger partial charge on any atom is 0.213 e. The van der Waals surface area contributed by atoms with Gasteiger partial charge in [0.15, 0.2) is 5.96 Å². The number of hydrogen-bond donors (Lipinski definition) is 2. The van der Waals surface area contributed by atoms with Crippen LogP contribution in [0.25, 0.3) is 0 Å². The molecule has 1 atom stereocenters. The van der Waals surface area contributed by atoms with Crippen LogP contribution in [0.5, 0.6) is 5.88 Å². The summed E-state index contributed by atoms with van der Waals surface area (Å²) in [6.07, 6.45) is 2.03. The second kappa shape index (κ2) is 10.2. The zero-order valence-corrected chi connectivity index (χ0v) is 16.7. The van der Waals surface area contributed by atoms with Crippen molar-refractivity contribution in [3.63, 3.8) is 0 Å². The fourth-order valence-corrected chi connectivity index (χ4v) is 2.26. The molecule has 0 amide bonds. The Kier molecular flexibility index (Phi) is 8.69. The fraction of sp³-hybridized carbons (Fsp3) is 0.684. The van der Waals surface area contributed by atoms with Crippen LogP contribution in [0.4, 0.5) is 0 Å². The van der Waals surface area contributed by atoms with Crippen molar-refractivity contribution < 1.29 is 9.47 Å². The molecule has 0 aliphatic carbocycles. The van der Waals surface area contributed by atoms with Crippen LogP contribution >= 0.6 is 0 Å². The minimum Gasteiger partial charge on any atom is -0.475 e. The molecule has 1 heterocycles. The maximum atomic E-state index is 5.58. The van der Waals surface area contributed by atoms with Gasteiger partial charge in [0.1, 0.15) is 0 Å². The van der Waals surface area contributed by atoms with E-state index >= 15 is 0 Å². The standard InChI is InChI=1S/C19H34N4O2/c1-8-20-18(23-13-16(24-7)19(4,5)6)22-12-15-9-10-17(21-11-15)25-14(2)3/h9-11,14,16H,8,12-13H2,1-7H3,(H2,20,22,23). The third-order valence-electron chi connectivity index (χ3n) is 3.62. The van der Waals surface area contributed by atoms with Crippen LogP contribution in [0, 0.1) is 5.41 Å². The lowest BCUT2D eigenvalue weighted by Crippen LogP contribution is -2.45. The van der Waals surface area contributed by atoms with Crippen molar-refractivity contribution in [1.29, 1.82) is 0 Å². The second-order valence-corrected chi connectivity index (χ2v) is 7.34. The second-order valence-electron chi connectivity index (χ2n) is 7.34. The first-order valence-electron chi connectivity index (χ1n) is 8.92. The third-order valence-corrected chi connectivity index (χ3v) is 3.62. The topological polar surface area (TPSA) is 67.8 Å². The van der Waals surface area contributed by atoms with E-state index in [0.29, 0.717) is 19.0 Å². The van der Waals surface area contributed by atoms with E-state index in [2.05, 4.69) is 41.4 Å². The van der Waals surface area contributed by atoms with Gasteiger partial charge in [-0.2, -0.15) is 0 Å². The molecule has 6 nitrogen and oxygen atoms in total. The van der Waals surface area contributed by atoms with Crippen LogP contribution in [0.1, 0.15) is 47.1 Å². The van der Waals surface area contributed by atoms with Crippen molar-refractivity contribution >= 4 is 5.96 Å². The van der Waals surface area contributed by atoms with E-state index in [1.807, 2.05) is 32.9 Å². The SMILES string of the molecule is CCNC(=NCc1ccc(OC(C)C)nc1)NCC(OC)C(C)(C)C. The van der Waals surface area contributed by atoms with Gasteiger partial charge < -0.3 is 20.1 Å². The number of rotatable bonds is 8. The lowest BCUT2D eigenvalue weighted by Gasteiger charge is -2.30. The highest BCUT2D eigenvalue weighted by atomic mass is 16.5. The lowest BCUT2D eigenvalue weighted by molar-refractivity contribution is 0.0205. The number of methoxy groups -OCH3 is 1. The van der Waals surface area contributed by atoms with Crippen molar-refractivity contribution in [3.8, 4) is 5.88 Å². The van der Waals surface area contributed by atoms with E-state index in [1.165, 1.54) is 0 Å². The van der Waals surface area contributed by atoms with Gasteiger partial charge in [0.25, 0.3) is 0 Å². The molecule has 1 aromatic heterocycles. The molecular formula is C19H34N4O2. The highest BCUT2D eigenvalue weighted by Gasteiger charge is 2.24. The number of ether oxygens (including phenoxy) is 2. The van der Waals surface area contributed by atoms with Gasteiger partial charge in [-0.1, -0.05) is 26.8 Å². The zero-order chi connectivity index (χ0) is 18.9. The summed E-state index contributed by atoms with van der Waals surface area (Å²) in [5, 5.41) is 6.61. The average molecular weight is 351 g/mol. The normalized spacial score (nSPS) is 13.7. The first-order valence-corrected chi connectivity index (χ1v) is 8.92. The molecule has 0 saturated heterocycles. The van der Waals surface area contributed by atoms with Crippen LogP contribution in [0.3, 0.4) is 0 Å². The Morgan fingerprint density at radius 1 is 1.24 bits per heavy atom. The summed E-state index contributed by atoms with van der Waals surface area (Å²) in [7, 11) is 1.74. The van der Waals surface area contributed by atoms with Crippen molar-refractivity contribution in [2.45, 2.75) is 60.3 Å². The molecule has 142 valence electrons. The number of nitrogens with zero attached hydrogens (tertiary/aromatic N) is 2. The highest BCUT2D eigenvalue weighted by Crippen LogP contribution is 2.20. The van der Waals surface area contributed by atoms with Crippen molar-refractivity contribution in [2.24, 2.45) is 10.4 Å². The van der Waals surface area contributed by atoms with Gasteiger partial charge in [0.05, 0.1) is 18.8 Å². The molecular weight excluding hydrogens is 316 g/mol. The summed E-state index contributed by atoms with van der Waals surface area (Å²) in [4.78, 5) is 8.93. The van der Waals surface area contributed by atoms with E-state index < -0.39 is 0 Å². The molecule has 0 aromatic carbocycles. The number of guanidine groups is 1. The molecule has 2 N–H and O–H groups in total. The summed E-state index contributed by atoms with van der Waals surface area (Å²) in [5.41, 5.74) is 1.10. The summed E-state index contributed by atoms with van der Waals surface area (Å²) in [6, 6.07) is 3.87. The van der Waals surface area contributed by atoms with Gasteiger partial charge in [-0.3, -0.25) is 0 Å². The largest absolute Gasteiger partial charge is 0.475 e. The van der Waals surface area contributed by atoms with Crippen LogP contribution in [-0.2, 0) is 11.3 Å². The Hall–Kier alpha value is -1.82. The van der Waals surface area contributed by atoms with Crippen molar-refractivity contribution in [3.05, 3.63) is 23.9 Å². The van der Waals surface area contributed by atoms with Crippen molar-refractivity contribution in [1.82, 2.24) is 15.6 Å². The van der Waals surface area contributed by atoms with E-state index in [4.69, 9.17) is 9.47 Å². The molecule has 0 fully saturated rings. The molecule has 1 unspecified atom stereocenters. The van der Waals surface area contributed by atoms with Gasteiger partial charge in [-0.25, -0.2) is 9.98 Å². The Labute approximate surface area is 152 Å². The molecule has 6 heteroatoms. The molecule has 0 radical (unpaired) electrons. The minimum absolute atomic E-state index is 0.0647. The molecule has 25 heavy (non-hydrogen) atoms. The van der Waals surface area contributed by atoms with Crippen LogP contribution in [0.15, 0.2) is 23.3 Å². The summed E-state index contributed by atoms with van der Waals surface area (Å²) in [5.74, 6) is 1.41. The molecule has 1 aromatic rings. The van der Waals surface area contributed by atoms with Gasteiger partial charge >= 0.3 is 0 Å². The maximum absolute atomic E-state index is 5.58. The Morgan fingerprint density at radius 3 is 2.44 bits per heavy atom. The van der Waals surface area contributed by atoms with E-state index in [1.54, 1.807) is 13.3 Å². The Balaban J connectivity index is 2.65. The van der Waals surface area contributed by atoms with E-state index in [-0.39, 0.29) is 17.6 Å². The average Bonchev–Trinajstić information content (AvgIpc) is 2.52. The first-order chi connectivity index (χ1) is 11.8. The first kappa shape index (κ1) is 21.2. The molecule has 0 bridgehead atoms. The number of aromatic nitrogens is 1. The Morgan fingerprint density at radius 2 is 1.96 bits per heavy atom. The molecule has 0 aliphatic heterocycles. The monoisotopic (exact) mass is 350 g/mol. The van der Waals surface area contributed by atoms with Crippen LogP contribution in [-0.4, -0.2) is 43.4 Å². The summed E-state index contributed by atoms with van der Waals surface area (Å²) < 4.78 is 11.1. The lowest BCUT2D eigenvalue weighted by atomic mass is 9.89. The van der Waals surface area contributed by atoms with Gasteiger partial charge in [-0.05, 0) is 31.7 Å². The Bertz CT molecular complexity index is 521. The third kappa shape index (κ3) is 8.20. The van der Waals surface area contributed by atoms with Gasteiger partial charge in [0.2, 0.25) is 5.88 Å². The zero-order valence-electron chi connectivity index (χ0n) is 16.7. The highest BCUT2D eigenvalue weighted by molar-refractivity contribution is 5.79. The number of hydrogen-bond acceptors (Lipinski definition) is 4. The fourth-order valence-electron chi connectivity index (χ4n) is 2.26. The number of nitrogens with one attached hydrogen (secondary N) is 2. The molecule has 0 spiro atoms. The van der Waals surface area contributed by atoms with Gasteiger partial charge in [0, 0.05) is 32.5 Å². The van der Waals surface area contributed by atoms with Crippen LogP contribution < -0.4 is 15.4 Å². The predicted octanol–water partition coefficient (Wildman–Crippen LogP) is 2.99. The van der Waals surface area contributed by atoms with Crippen molar-refractivity contribution in [2.75, 3.05) is 20.2 Å².